The molecule has 0 radical (unpaired) electrons. The topological polar surface area (TPSA) is 59.0 Å². The molecule has 0 saturated carbocycles. The average molecular weight is 172 g/mol. The zero-order valence-electron chi connectivity index (χ0n) is 7.65. The maximum atomic E-state index is 10.9. The molecule has 0 heterocycles. The summed E-state index contributed by atoms with van der Waals surface area (Å²) in [5, 5.41) is 14.5. The van der Waals surface area contributed by atoms with Crippen LogP contribution in [0.1, 0.15) is 20.8 Å². The SMILES string of the molecule is C=CCN(N([O-])N=O)C(C)(C)C. The molecule has 0 fully saturated rings. The molecule has 70 valence electrons. The summed E-state index contributed by atoms with van der Waals surface area (Å²) in [5.74, 6) is 0. The summed E-state index contributed by atoms with van der Waals surface area (Å²) < 4.78 is 0. The summed E-state index contributed by atoms with van der Waals surface area (Å²) in [5.41, 5.74) is -0.427. The van der Waals surface area contributed by atoms with Crippen LogP contribution < -0.4 is 0 Å². The largest absolute Gasteiger partial charge is 0.724 e. The van der Waals surface area contributed by atoms with Crippen LogP contribution in [0.2, 0.25) is 0 Å². The highest BCUT2D eigenvalue weighted by Gasteiger charge is 2.21. The van der Waals surface area contributed by atoms with E-state index in [-0.39, 0.29) is 5.28 Å². The molecule has 0 bridgehead atoms. The summed E-state index contributed by atoms with van der Waals surface area (Å²) in [6.07, 6.45) is 1.54. The Kier molecular flexibility index (Phi) is 3.85. The van der Waals surface area contributed by atoms with Crippen LogP contribution in [0.4, 0.5) is 0 Å². The Bertz CT molecular complexity index is 165. The first-order valence-electron chi connectivity index (χ1n) is 3.62. The molecule has 0 aliphatic heterocycles. The van der Waals surface area contributed by atoms with E-state index in [4.69, 9.17) is 0 Å². The van der Waals surface area contributed by atoms with Gasteiger partial charge in [0.15, 0.2) is 0 Å². The molecule has 5 nitrogen and oxygen atoms in total. The van der Waals surface area contributed by atoms with Gasteiger partial charge in [0.05, 0.1) is 5.29 Å². The third-order valence-electron chi connectivity index (χ3n) is 1.35. The molecule has 0 aromatic heterocycles. The Morgan fingerprint density at radius 2 is 2.08 bits per heavy atom. The van der Waals surface area contributed by atoms with Crippen LogP contribution in [0.3, 0.4) is 0 Å². The zero-order chi connectivity index (χ0) is 9.78. The van der Waals surface area contributed by atoms with Gasteiger partial charge in [-0.15, -0.1) is 11.5 Å². The van der Waals surface area contributed by atoms with Gasteiger partial charge in [0.25, 0.3) is 0 Å². The summed E-state index contributed by atoms with van der Waals surface area (Å²) in [6.45, 7) is 9.22. The first-order valence-corrected chi connectivity index (χ1v) is 3.62. The molecular formula is C7H14N3O2-. The quantitative estimate of drug-likeness (QED) is 0.367. The fourth-order valence-corrected chi connectivity index (χ4v) is 0.767. The standard InChI is InChI=1S/C7H14N3O2/c1-5-6-9(7(2,3)4)10(12)8-11/h5H,1,6H2,2-4H3/q-1. The number of nitrogens with zero attached hydrogens (tertiary/aromatic N) is 3. The van der Waals surface area contributed by atoms with Gasteiger partial charge in [0.1, 0.15) is 0 Å². The second-order valence-corrected chi connectivity index (χ2v) is 3.38. The Morgan fingerprint density at radius 3 is 2.33 bits per heavy atom. The van der Waals surface area contributed by atoms with Crippen molar-refractivity contribution in [3.63, 3.8) is 0 Å². The lowest BCUT2D eigenvalue weighted by Gasteiger charge is -2.42. The summed E-state index contributed by atoms with van der Waals surface area (Å²) in [7, 11) is 0. The van der Waals surface area contributed by atoms with E-state index < -0.39 is 5.54 Å². The third kappa shape index (κ3) is 2.98. The van der Waals surface area contributed by atoms with Crippen molar-refractivity contribution in [2.75, 3.05) is 6.54 Å². The van der Waals surface area contributed by atoms with E-state index in [0.717, 1.165) is 0 Å². The smallest absolute Gasteiger partial charge is 0.0579 e. The normalized spacial score (nSPS) is 11.4. The van der Waals surface area contributed by atoms with Gasteiger partial charge in [-0.2, -0.15) is 0 Å². The monoisotopic (exact) mass is 172 g/mol. The highest BCUT2D eigenvalue weighted by molar-refractivity contribution is 4.80. The van der Waals surface area contributed by atoms with Crippen LogP contribution >= 0.6 is 0 Å². The molecule has 12 heavy (non-hydrogen) atoms. The number of rotatable bonds is 4. The molecular weight excluding hydrogens is 158 g/mol. The van der Waals surface area contributed by atoms with Gasteiger partial charge in [0, 0.05) is 12.1 Å². The van der Waals surface area contributed by atoms with Gasteiger partial charge >= 0.3 is 0 Å². The lowest BCUT2D eigenvalue weighted by atomic mass is 10.1. The van der Waals surface area contributed by atoms with Gasteiger partial charge in [0.2, 0.25) is 0 Å². The molecule has 0 atom stereocenters. The number of hydrogen-bond donors (Lipinski definition) is 0. The molecule has 5 heteroatoms. The minimum absolute atomic E-state index is 0.0433. The van der Waals surface area contributed by atoms with E-state index in [1.54, 1.807) is 6.08 Å². The van der Waals surface area contributed by atoms with Crippen molar-refractivity contribution in [2.45, 2.75) is 26.3 Å². The minimum atomic E-state index is -0.427. The molecule has 0 aromatic rings. The van der Waals surface area contributed by atoms with Crippen molar-refractivity contribution in [2.24, 2.45) is 5.29 Å². The third-order valence-corrected chi connectivity index (χ3v) is 1.35. The van der Waals surface area contributed by atoms with Crippen LogP contribution in [0.25, 0.3) is 0 Å². The van der Waals surface area contributed by atoms with Crippen LogP contribution in [0.15, 0.2) is 17.9 Å². The van der Waals surface area contributed by atoms with E-state index in [1.807, 2.05) is 20.8 Å². The molecule has 0 amide bonds. The van der Waals surface area contributed by atoms with Crippen molar-refractivity contribution >= 4 is 0 Å². The lowest BCUT2D eigenvalue weighted by molar-refractivity contribution is -0.0444. The van der Waals surface area contributed by atoms with Crippen molar-refractivity contribution in [3.8, 4) is 0 Å². The first-order chi connectivity index (χ1) is 5.43. The van der Waals surface area contributed by atoms with Gasteiger partial charge in [-0.3, -0.25) is 5.28 Å². The predicted molar refractivity (Wildman–Crippen MR) is 47.7 cm³/mol. The van der Waals surface area contributed by atoms with Crippen molar-refractivity contribution in [1.29, 1.82) is 0 Å². The molecule has 0 N–H and O–H groups in total. The van der Waals surface area contributed by atoms with Gasteiger partial charge in [-0.05, 0) is 20.8 Å². The second-order valence-electron chi connectivity index (χ2n) is 3.38. The van der Waals surface area contributed by atoms with Crippen LogP contribution in [-0.2, 0) is 0 Å². The van der Waals surface area contributed by atoms with Crippen molar-refractivity contribution < 1.29 is 0 Å². The number of hydrazine groups is 1. The van der Waals surface area contributed by atoms with Gasteiger partial charge in [-0.25, -0.2) is 5.01 Å². The molecule has 0 spiro atoms. The molecule has 0 aromatic carbocycles. The van der Waals surface area contributed by atoms with Gasteiger partial charge in [-0.1, -0.05) is 6.08 Å². The van der Waals surface area contributed by atoms with E-state index in [9.17, 15) is 10.1 Å². The Morgan fingerprint density at radius 1 is 1.58 bits per heavy atom. The fraction of sp³-hybridized carbons (Fsp3) is 0.714. The highest BCUT2D eigenvalue weighted by Crippen LogP contribution is 2.15. The van der Waals surface area contributed by atoms with Crippen LogP contribution in [0.5, 0.6) is 0 Å². The molecule has 0 aliphatic carbocycles. The summed E-state index contributed by atoms with van der Waals surface area (Å²) >= 11 is 0. The predicted octanol–water partition coefficient (Wildman–Crippen LogP) is 1.67. The number of hydrogen-bond acceptors (Lipinski definition) is 4. The molecule has 0 saturated heterocycles. The summed E-state index contributed by atoms with van der Waals surface area (Å²) in [4.78, 5) is 9.96. The van der Waals surface area contributed by atoms with E-state index in [0.29, 0.717) is 6.54 Å². The Labute approximate surface area is 72.1 Å². The average Bonchev–Trinajstić information content (AvgIpc) is 1.96. The second kappa shape index (κ2) is 4.18. The number of nitroso groups, excluding NO2 is 1. The lowest BCUT2D eigenvalue weighted by Crippen LogP contribution is -2.48. The Balaban J connectivity index is 4.42. The maximum Gasteiger partial charge on any atom is 0.0579 e. The summed E-state index contributed by atoms with van der Waals surface area (Å²) in [6, 6.07) is 0. The van der Waals surface area contributed by atoms with Crippen molar-refractivity contribution in [3.05, 3.63) is 22.8 Å². The highest BCUT2D eigenvalue weighted by atomic mass is 16.6. The van der Waals surface area contributed by atoms with Crippen molar-refractivity contribution in [1.82, 2.24) is 10.3 Å². The maximum absolute atomic E-state index is 10.9. The van der Waals surface area contributed by atoms with Gasteiger partial charge < -0.3 is 5.21 Å². The minimum Gasteiger partial charge on any atom is -0.724 e. The molecule has 0 rings (SSSR count). The Hall–Kier alpha value is -0.940. The molecule has 0 aliphatic rings. The zero-order valence-corrected chi connectivity index (χ0v) is 7.65. The van der Waals surface area contributed by atoms with E-state index in [1.165, 1.54) is 5.01 Å². The van der Waals surface area contributed by atoms with E-state index >= 15 is 0 Å². The van der Waals surface area contributed by atoms with Crippen LogP contribution in [0, 0.1) is 10.1 Å². The fourth-order valence-electron chi connectivity index (χ4n) is 0.767. The van der Waals surface area contributed by atoms with Crippen LogP contribution in [-0.4, -0.2) is 22.4 Å². The van der Waals surface area contributed by atoms with E-state index in [2.05, 4.69) is 11.9 Å². The molecule has 0 unspecified atom stereocenters. The first kappa shape index (κ1) is 11.1.